The number of hydrogen-bond donors (Lipinski definition) is 2. The number of nitrogens with zero attached hydrogens (tertiary/aromatic N) is 1. The number of carbonyl (C=O) groups is 1. The second-order valence-corrected chi connectivity index (χ2v) is 4.43. The van der Waals surface area contributed by atoms with Gasteiger partial charge in [-0.1, -0.05) is 39.0 Å². The third-order valence-corrected chi connectivity index (χ3v) is 2.84. The largest absolute Gasteiger partial charge is 0.478 e. The smallest absolute Gasteiger partial charge is 0.335 e. The molecule has 18 heavy (non-hydrogen) atoms. The molecule has 0 unspecified atom stereocenters. The maximum Gasteiger partial charge on any atom is 0.335 e. The van der Waals surface area contributed by atoms with E-state index >= 15 is 0 Å². The lowest BCUT2D eigenvalue weighted by Gasteiger charge is -2.06. The fraction of sp³-hybridized carbons (Fsp3) is 0.571. The van der Waals surface area contributed by atoms with Gasteiger partial charge in [-0.3, -0.25) is 0 Å². The Bertz CT molecular complexity index is 367. The molecule has 0 aliphatic rings. The van der Waals surface area contributed by atoms with E-state index in [1.807, 2.05) is 0 Å². The molecule has 1 heterocycles. The van der Waals surface area contributed by atoms with E-state index in [2.05, 4.69) is 17.2 Å². The Hall–Kier alpha value is -1.58. The van der Waals surface area contributed by atoms with Crippen molar-refractivity contribution in [3.8, 4) is 0 Å². The van der Waals surface area contributed by atoms with Gasteiger partial charge in [0.15, 0.2) is 0 Å². The summed E-state index contributed by atoms with van der Waals surface area (Å²) >= 11 is 0. The van der Waals surface area contributed by atoms with Crippen molar-refractivity contribution in [2.24, 2.45) is 0 Å². The van der Waals surface area contributed by atoms with Crippen LogP contribution in [0.5, 0.6) is 0 Å². The van der Waals surface area contributed by atoms with Crippen LogP contribution in [0.4, 0.5) is 5.82 Å². The molecular formula is C14H22N2O2. The molecule has 0 spiro atoms. The van der Waals surface area contributed by atoms with E-state index in [0.29, 0.717) is 5.82 Å². The van der Waals surface area contributed by atoms with Crippen LogP contribution in [0, 0.1) is 0 Å². The predicted molar refractivity (Wildman–Crippen MR) is 73.1 cm³/mol. The van der Waals surface area contributed by atoms with Gasteiger partial charge in [0.05, 0.1) is 5.56 Å². The maximum atomic E-state index is 10.8. The number of hydrogen-bond acceptors (Lipinski definition) is 3. The third-order valence-electron chi connectivity index (χ3n) is 2.84. The molecule has 0 bridgehead atoms. The van der Waals surface area contributed by atoms with E-state index in [4.69, 9.17) is 5.11 Å². The van der Waals surface area contributed by atoms with Crippen LogP contribution in [-0.4, -0.2) is 22.6 Å². The summed E-state index contributed by atoms with van der Waals surface area (Å²) in [6, 6.07) is 3.07. The molecule has 100 valence electrons. The highest BCUT2D eigenvalue weighted by molar-refractivity contribution is 5.88. The maximum absolute atomic E-state index is 10.8. The number of unbranched alkanes of at least 4 members (excludes halogenated alkanes) is 5. The molecule has 2 N–H and O–H groups in total. The lowest BCUT2D eigenvalue weighted by atomic mass is 10.1. The van der Waals surface area contributed by atoms with Crippen LogP contribution < -0.4 is 5.32 Å². The van der Waals surface area contributed by atoms with Gasteiger partial charge in [-0.2, -0.15) is 0 Å². The molecule has 0 amide bonds. The zero-order valence-electron chi connectivity index (χ0n) is 11.0. The Balaban J connectivity index is 2.19. The first-order chi connectivity index (χ1) is 8.74. The van der Waals surface area contributed by atoms with E-state index in [1.165, 1.54) is 44.4 Å². The predicted octanol–water partition coefficient (Wildman–Crippen LogP) is 3.55. The summed E-state index contributed by atoms with van der Waals surface area (Å²) < 4.78 is 0. The SMILES string of the molecule is CCCCCCCCNc1cc(C(=O)O)ccn1. The first kappa shape index (κ1) is 14.5. The normalized spacial score (nSPS) is 10.3. The Morgan fingerprint density at radius 3 is 2.72 bits per heavy atom. The van der Waals surface area contributed by atoms with Crippen molar-refractivity contribution in [1.82, 2.24) is 4.98 Å². The van der Waals surface area contributed by atoms with Crippen molar-refractivity contribution in [3.05, 3.63) is 23.9 Å². The van der Waals surface area contributed by atoms with Gasteiger partial charge >= 0.3 is 5.97 Å². The number of carboxylic acid groups (broad SMARTS) is 1. The van der Waals surface area contributed by atoms with Crippen LogP contribution >= 0.6 is 0 Å². The highest BCUT2D eigenvalue weighted by atomic mass is 16.4. The second-order valence-electron chi connectivity index (χ2n) is 4.43. The molecule has 0 radical (unpaired) electrons. The standard InChI is InChI=1S/C14H22N2O2/c1-2-3-4-5-6-7-9-15-13-11-12(14(17)18)8-10-16-13/h8,10-11H,2-7,9H2,1H3,(H,15,16)(H,17,18). The number of rotatable bonds is 9. The Morgan fingerprint density at radius 1 is 1.28 bits per heavy atom. The first-order valence-corrected chi connectivity index (χ1v) is 6.67. The van der Waals surface area contributed by atoms with E-state index < -0.39 is 5.97 Å². The van der Waals surface area contributed by atoms with E-state index in [9.17, 15) is 4.79 Å². The monoisotopic (exact) mass is 250 g/mol. The van der Waals surface area contributed by atoms with Crippen molar-refractivity contribution in [2.45, 2.75) is 45.4 Å². The molecule has 1 aromatic heterocycles. The van der Waals surface area contributed by atoms with Crippen molar-refractivity contribution in [1.29, 1.82) is 0 Å². The fourth-order valence-corrected chi connectivity index (χ4v) is 1.78. The lowest BCUT2D eigenvalue weighted by Crippen LogP contribution is -2.05. The Morgan fingerprint density at radius 2 is 2.00 bits per heavy atom. The molecule has 1 rings (SSSR count). The number of pyridine rings is 1. The molecule has 4 heteroatoms. The third kappa shape index (κ3) is 5.66. The minimum atomic E-state index is -0.917. The van der Waals surface area contributed by atoms with Crippen LogP contribution in [-0.2, 0) is 0 Å². The van der Waals surface area contributed by atoms with Gasteiger partial charge in [-0.05, 0) is 18.6 Å². The van der Waals surface area contributed by atoms with Crippen LogP contribution in [0.15, 0.2) is 18.3 Å². The summed E-state index contributed by atoms with van der Waals surface area (Å²) in [5.41, 5.74) is 0.274. The van der Waals surface area contributed by atoms with Gasteiger partial charge < -0.3 is 10.4 Å². The summed E-state index contributed by atoms with van der Waals surface area (Å²) in [4.78, 5) is 14.9. The van der Waals surface area contributed by atoms with Crippen molar-refractivity contribution in [2.75, 3.05) is 11.9 Å². The molecule has 1 aromatic rings. The van der Waals surface area contributed by atoms with Gasteiger partial charge in [-0.15, -0.1) is 0 Å². The summed E-state index contributed by atoms with van der Waals surface area (Å²) in [6.45, 7) is 3.06. The second kappa shape index (κ2) is 8.50. The van der Waals surface area contributed by atoms with Crippen molar-refractivity contribution >= 4 is 11.8 Å². The summed E-state index contributed by atoms with van der Waals surface area (Å²) in [7, 11) is 0. The average molecular weight is 250 g/mol. The molecular weight excluding hydrogens is 228 g/mol. The van der Waals surface area contributed by atoms with Crippen LogP contribution in [0.3, 0.4) is 0 Å². The highest BCUT2D eigenvalue weighted by Crippen LogP contribution is 2.08. The fourth-order valence-electron chi connectivity index (χ4n) is 1.78. The molecule has 0 fully saturated rings. The lowest BCUT2D eigenvalue weighted by molar-refractivity contribution is 0.0697. The van der Waals surface area contributed by atoms with Crippen LogP contribution in [0.2, 0.25) is 0 Å². The first-order valence-electron chi connectivity index (χ1n) is 6.67. The van der Waals surface area contributed by atoms with E-state index in [0.717, 1.165) is 13.0 Å². The van der Waals surface area contributed by atoms with Gasteiger partial charge in [0.2, 0.25) is 0 Å². The average Bonchev–Trinajstić information content (AvgIpc) is 2.38. The van der Waals surface area contributed by atoms with Gasteiger partial charge in [0.1, 0.15) is 5.82 Å². The molecule has 0 aromatic carbocycles. The number of anilines is 1. The van der Waals surface area contributed by atoms with Crippen LogP contribution in [0.1, 0.15) is 55.8 Å². The Labute approximate surface area is 108 Å². The number of aromatic nitrogens is 1. The van der Waals surface area contributed by atoms with E-state index in [1.54, 1.807) is 6.07 Å². The van der Waals surface area contributed by atoms with Crippen molar-refractivity contribution in [3.63, 3.8) is 0 Å². The minimum absolute atomic E-state index is 0.274. The van der Waals surface area contributed by atoms with E-state index in [-0.39, 0.29) is 5.56 Å². The number of nitrogens with one attached hydrogen (secondary N) is 1. The summed E-state index contributed by atoms with van der Waals surface area (Å²) in [5, 5.41) is 12.0. The zero-order valence-corrected chi connectivity index (χ0v) is 11.0. The van der Waals surface area contributed by atoms with Gasteiger partial charge in [0.25, 0.3) is 0 Å². The molecule has 0 atom stereocenters. The van der Waals surface area contributed by atoms with Crippen molar-refractivity contribution < 1.29 is 9.90 Å². The zero-order chi connectivity index (χ0) is 13.2. The van der Waals surface area contributed by atoms with Gasteiger partial charge in [0, 0.05) is 12.7 Å². The van der Waals surface area contributed by atoms with Gasteiger partial charge in [-0.25, -0.2) is 9.78 Å². The number of aromatic carboxylic acids is 1. The minimum Gasteiger partial charge on any atom is -0.478 e. The molecule has 0 aliphatic carbocycles. The molecule has 0 saturated carbocycles. The molecule has 0 saturated heterocycles. The molecule has 4 nitrogen and oxygen atoms in total. The quantitative estimate of drug-likeness (QED) is 0.658. The Kier molecular flexibility index (Phi) is 6.84. The summed E-state index contributed by atoms with van der Waals surface area (Å²) in [6.07, 6.45) is 9.00. The molecule has 0 aliphatic heterocycles. The van der Waals surface area contributed by atoms with Crippen LogP contribution in [0.25, 0.3) is 0 Å². The summed E-state index contributed by atoms with van der Waals surface area (Å²) in [5.74, 6) is -0.275. The topological polar surface area (TPSA) is 62.2 Å². The highest BCUT2D eigenvalue weighted by Gasteiger charge is 2.03. The number of carboxylic acids is 1.